The molecule has 0 radical (unpaired) electrons. The average Bonchev–Trinajstić information content (AvgIpc) is 3.33. The van der Waals surface area contributed by atoms with Crippen LogP contribution in [0.2, 0.25) is 0 Å². The number of nitrogens with zero attached hydrogens (tertiary/aromatic N) is 6. The summed E-state index contributed by atoms with van der Waals surface area (Å²) in [4.78, 5) is 5.86. The van der Waals surface area contributed by atoms with Crippen LogP contribution in [0.15, 0.2) is 10.2 Å². The number of ether oxygens (including phenoxy) is 5. The molecular formula is C19H28N6O5. The lowest BCUT2D eigenvalue weighted by Gasteiger charge is -2.39. The molecule has 0 spiro atoms. The molecule has 0 aromatic rings. The Morgan fingerprint density at radius 3 is 1.77 bits per heavy atom. The third kappa shape index (κ3) is 3.99. The maximum absolute atomic E-state index is 8.63. The third-order valence-corrected chi connectivity index (χ3v) is 7.23. The van der Waals surface area contributed by atoms with Crippen molar-refractivity contribution in [1.82, 2.24) is 0 Å². The molecule has 0 N–H and O–H groups in total. The SMILES string of the molecule is [N-]=[N+]=NC1CCC(C2OCC3OC4OC(C5CCC(N=[N+]=[N-])CC5)OC4C3O2)CC1. The predicted octanol–water partition coefficient (Wildman–Crippen LogP) is 3.93. The zero-order chi connectivity index (χ0) is 20.5. The molecule has 30 heavy (non-hydrogen) atoms. The fraction of sp³-hybridized carbons (Fsp3) is 1.00. The summed E-state index contributed by atoms with van der Waals surface area (Å²) in [7, 11) is 0. The summed E-state index contributed by atoms with van der Waals surface area (Å²) in [6, 6.07) is 0.171. The summed E-state index contributed by atoms with van der Waals surface area (Å²) >= 11 is 0. The van der Waals surface area contributed by atoms with E-state index in [2.05, 4.69) is 20.1 Å². The van der Waals surface area contributed by atoms with E-state index in [1.165, 1.54) is 0 Å². The molecule has 2 aliphatic carbocycles. The number of fused-ring (bicyclic) bond motifs is 3. The maximum atomic E-state index is 8.63. The van der Waals surface area contributed by atoms with Crippen molar-refractivity contribution in [3.8, 4) is 0 Å². The van der Waals surface area contributed by atoms with Gasteiger partial charge >= 0.3 is 0 Å². The lowest BCUT2D eigenvalue weighted by Crippen LogP contribution is -2.49. The van der Waals surface area contributed by atoms with E-state index in [1.807, 2.05) is 0 Å². The van der Waals surface area contributed by atoms with Crippen molar-refractivity contribution in [1.29, 1.82) is 0 Å². The van der Waals surface area contributed by atoms with E-state index in [0.29, 0.717) is 12.5 Å². The molecule has 0 aromatic heterocycles. The fourth-order valence-corrected chi connectivity index (χ4v) is 5.54. The monoisotopic (exact) mass is 420 g/mol. The van der Waals surface area contributed by atoms with Crippen LogP contribution in [-0.4, -0.2) is 55.9 Å². The first-order chi connectivity index (χ1) is 14.7. The number of hydrogen-bond acceptors (Lipinski definition) is 7. The van der Waals surface area contributed by atoms with Crippen LogP contribution in [-0.2, 0) is 23.7 Å². The Morgan fingerprint density at radius 2 is 1.17 bits per heavy atom. The van der Waals surface area contributed by atoms with Gasteiger partial charge in [0.05, 0.1) is 6.61 Å². The zero-order valence-corrected chi connectivity index (χ0v) is 16.9. The second-order valence-corrected chi connectivity index (χ2v) is 9.00. The number of rotatable bonds is 4. The van der Waals surface area contributed by atoms with Gasteiger partial charge in [-0.15, -0.1) is 0 Å². The fourth-order valence-electron chi connectivity index (χ4n) is 5.54. The molecule has 6 unspecified atom stereocenters. The molecule has 5 aliphatic rings. The zero-order valence-electron chi connectivity index (χ0n) is 16.9. The summed E-state index contributed by atoms with van der Waals surface area (Å²) in [5, 5.41) is 7.69. The van der Waals surface area contributed by atoms with E-state index in [1.54, 1.807) is 0 Å². The smallest absolute Gasteiger partial charge is 0.190 e. The van der Waals surface area contributed by atoms with Crippen molar-refractivity contribution in [3.05, 3.63) is 20.9 Å². The van der Waals surface area contributed by atoms with Crippen LogP contribution in [0.25, 0.3) is 20.9 Å². The topological polar surface area (TPSA) is 144 Å². The third-order valence-electron chi connectivity index (χ3n) is 7.23. The molecule has 0 aromatic carbocycles. The second-order valence-electron chi connectivity index (χ2n) is 9.00. The average molecular weight is 420 g/mol. The maximum Gasteiger partial charge on any atom is 0.190 e. The first-order valence-corrected chi connectivity index (χ1v) is 11.1. The summed E-state index contributed by atoms with van der Waals surface area (Å²) in [6.45, 7) is 0.479. The molecule has 3 heterocycles. The highest BCUT2D eigenvalue weighted by molar-refractivity contribution is 4.96. The Hall–Kier alpha value is -1.58. The minimum Gasteiger partial charge on any atom is -0.350 e. The molecule has 3 aliphatic heterocycles. The summed E-state index contributed by atoms with van der Waals surface area (Å²) < 4.78 is 30.7. The lowest BCUT2D eigenvalue weighted by molar-refractivity contribution is -0.289. The van der Waals surface area contributed by atoms with Gasteiger partial charge in [-0.2, -0.15) is 0 Å². The van der Waals surface area contributed by atoms with E-state index in [4.69, 9.17) is 34.7 Å². The van der Waals surface area contributed by atoms with Gasteiger partial charge in [0.25, 0.3) is 0 Å². The molecule has 6 atom stereocenters. The van der Waals surface area contributed by atoms with Crippen LogP contribution in [0.1, 0.15) is 51.4 Å². The van der Waals surface area contributed by atoms with E-state index in [-0.39, 0.29) is 48.9 Å². The van der Waals surface area contributed by atoms with Crippen molar-refractivity contribution in [3.63, 3.8) is 0 Å². The first kappa shape index (κ1) is 20.3. The molecule has 2 saturated carbocycles. The van der Waals surface area contributed by atoms with E-state index < -0.39 is 6.29 Å². The van der Waals surface area contributed by atoms with E-state index in [0.717, 1.165) is 51.4 Å². The molecule has 164 valence electrons. The predicted molar refractivity (Wildman–Crippen MR) is 103 cm³/mol. The van der Waals surface area contributed by atoms with Gasteiger partial charge in [0, 0.05) is 33.7 Å². The van der Waals surface area contributed by atoms with Gasteiger partial charge in [-0.1, -0.05) is 10.2 Å². The summed E-state index contributed by atoms with van der Waals surface area (Å²) in [5.74, 6) is 0.582. The molecule has 0 bridgehead atoms. The van der Waals surface area contributed by atoms with Gasteiger partial charge in [-0.25, -0.2) is 0 Å². The Balaban J connectivity index is 1.15. The van der Waals surface area contributed by atoms with E-state index in [9.17, 15) is 0 Å². The summed E-state index contributed by atoms with van der Waals surface area (Å²) in [6.07, 6.45) is 5.59. The Morgan fingerprint density at radius 1 is 0.600 bits per heavy atom. The van der Waals surface area contributed by atoms with Gasteiger partial charge in [-0.05, 0) is 62.4 Å². The van der Waals surface area contributed by atoms with Gasteiger partial charge in [-0.3, -0.25) is 0 Å². The molecule has 3 saturated heterocycles. The van der Waals surface area contributed by atoms with Crippen LogP contribution < -0.4 is 0 Å². The summed E-state index contributed by atoms with van der Waals surface area (Å²) in [5.41, 5.74) is 17.2. The molecule has 5 fully saturated rings. The van der Waals surface area contributed by atoms with Crippen LogP contribution in [0.4, 0.5) is 0 Å². The van der Waals surface area contributed by atoms with Crippen molar-refractivity contribution in [2.24, 2.45) is 22.1 Å². The van der Waals surface area contributed by atoms with Crippen molar-refractivity contribution < 1.29 is 23.7 Å². The Bertz CT molecular complexity index is 712. The van der Waals surface area contributed by atoms with Crippen molar-refractivity contribution >= 4 is 0 Å². The molecular weight excluding hydrogens is 392 g/mol. The van der Waals surface area contributed by atoms with Gasteiger partial charge in [0.2, 0.25) is 0 Å². The van der Waals surface area contributed by atoms with Crippen molar-refractivity contribution in [2.45, 2.75) is 101 Å². The normalized spacial score (nSPS) is 48.1. The van der Waals surface area contributed by atoms with Crippen LogP contribution >= 0.6 is 0 Å². The number of azide groups is 2. The van der Waals surface area contributed by atoms with Crippen LogP contribution in [0, 0.1) is 11.8 Å². The molecule has 5 rings (SSSR count). The van der Waals surface area contributed by atoms with Gasteiger partial charge in [0.15, 0.2) is 18.9 Å². The standard InChI is InChI=1S/C19H28N6O5/c20-24-22-12-5-1-10(2-6-12)17-26-9-14-15(28-17)16-19(27-14)30-18(29-16)11-3-7-13(8-4-11)23-25-21/h10-19H,1-9H2. The van der Waals surface area contributed by atoms with Gasteiger partial charge in [0.1, 0.15) is 18.3 Å². The molecule has 11 nitrogen and oxygen atoms in total. The highest BCUT2D eigenvalue weighted by Crippen LogP contribution is 2.43. The second kappa shape index (κ2) is 8.88. The largest absolute Gasteiger partial charge is 0.350 e. The lowest BCUT2D eigenvalue weighted by atomic mass is 9.85. The Labute approximate surface area is 174 Å². The Kier molecular flexibility index (Phi) is 6.02. The molecule has 0 amide bonds. The minimum atomic E-state index is -0.414. The highest BCUT2D eigenvalue weighted by Gasteiger charge is 2.57. The van der Waals surface area contributed by atoms with Gasteiger partial charge < -0.3 is 23.7 Å². The molecule has 11 heteroatoms. The van der Waals surface area contributed by atoms with Crippen LogP contribution in [0.3, 0.4) is 0 Å². The van der Waals surface area contributed by atoms with Crippen LogP contribution in [0.5, 0.6) is 0 Å². The quantitative estimate of drug-likeness (QED) is 0.384. The highest BCUT2D eigenvalue weighted by atomic mass is 16.8. The van der Waals surface area contributed by atoms with Crippen molar-refractivity contribution in [2.75, 3.05) is 6.61 Å². The number of hydrogen-bond donors (Lipinski definition) is 0. The van der Waals surface area contributed by atoms with E-state index >= 15 is 0 Å². The minimum absolute atomic E-state index is 0.0845. The first-order valence-electron chi connectivity index (χ1n) is 11.1.